The van der Waals surface area contributed by atoms with Gasteiger partial charge in [0, 0.05) is 19.7 Å². The fourth-order valence-corrected chi connectivity index (χ4v) is 3.38. The van der Waals surface area contributed by atoms with E-state index in [1.54, 1.807) is 11.0 Å². The first-order chi connectivity index (χ1) is 13.1. The maximum Gasteiger partial charge on any atom is 1.00 e. The third-order valence-corrected chi connectivity index (χ3v) is 5.04. The van der Waals surface area contributed by atoms with Crippen molar-refractivity contribution < 1.29 is 39.4 Å². The molecule has 0 radical (unpaired) electrons. The molecule has 3 nitrogen and oxygen atoms in total. The molecule has 134 valence electrons. The molecule has 0 saturated heterocycles. The van der Waals surface area contributed by atoms with Crippen molar-refractivity contribution in [1.29, 1.82) is 0 Å². The van der Waals surface area contributed by atoms with E-state index in [4.69, 9.17) is 17.0 Å². The Kier molecular flexibility index (Phi) is 6.26. The summed E-state index contributed by atoms with van der Waals surface area (Å²) >= 11 is 5.35. The number of rotatable bonds is 2. The van der Waals surface area contributed by atoms with Crippen molar-refractivity contribution in [2.24, 2.45) is 0 Å². The average Bonchev–Trinajstić information content (AvgIpc) is 2.68. The van der Waals surface area contributed by atoms with Crippen molar-refractivity contribution in [1.82, 2.24) is 4.90 Å². The topological polar surface area (TPSA) is 35.5 Å². The van der Waals surface area contributed by atoms with Gasteiger partial charge < -0.3 is 14.7 Å². The molecule has 0 aliphatic heterocycles. The van der Waals surface area contributed by atoms with Crippen LogP contribution in [0, 0.1) is 0 Å². The van der Waals surface area contributed by atoms with E-state index in [-0.39, 0.29) is 35.3 Å². The summed E-state index contributed by atoms with van der Waals surface area (Å²) in [4.78, 5) is 1.73. The van der Waals surface area contributed by atoms with Crippen molar-refractivity contribution in [3.8, 4) is 22.6 Å². The summed E-state index contributed by atoms with van der Waals surface area (Å²) in [5, 5.41) is 17.2. The van der Waals surface area contributed by atoms with Crippen molar-refractivity contribution in [2.75, 3.05) is 14.1 Å². The third kappa shape index (κ3) is 3.74. The molecule has 0 heterocycles. The van der Waals surface area contributed by atoms with Crippen LogP contribution >= 0.6 is 12.2 Å². The van der Waals surface area contributed by atoms with Crippen LogP contribution in [-0.2, 0) is 0 Å². The first-order valence-corrected chi connectivity index (χ1v) is 9.07. The van der Waals surface area contributed by atoms with E-state index in [1.165, 1.54) is 0 Å². The van der Waals surface area contributed by atoms with Gasteiger partial charge in [0.1, 0.15) is 5.75 Å². The molecule has 0 atom stereocenters. The number of ether oxygens (including phenoxy) is 1. The van der Waals surface area contributed by atoms with Crippen LogP contribution in [-0.4, -0.2) is 24.2 Å². The average molecular weight is 395 g/mol. The zero-order valence-corrected chi connectivity index (χ0v) is 18.9. The molecule has 0 saturated carbocycles. The molecule has 0 amide bonds. The normalized spacial score (nSPS) is 10.5. The van der Waals surface area contributed by atoms with Gasteiger partial charge in [-0.2, -0.15) is 0 Å². The Hall–Kier alpha value is -2.11. The van der Waals surface area contributed by atoms with E-state index >= 15 is 0 Å². The monoisotopic (exact) mass is 395 g/mol. The summed E-state index contributed by atoms with van der Waals surface area (Å²) in [7, 11) is 3.67. The molecule has 28 heavy (non-hydrogen) atoms. The number of hydrogen-bond acceptors (Lipinski definition) is 3. The molecule has 0 aliphatic rings. The van der Waals surface area contributed by atoms with Crippen LogP contribution in [0.25, 0.3) is 32.7 Å². The van der Waals surface area contributed by atoms with E-state index in [0.29, 0.717) is 16.5 Å². The van der Waals surface area contributed by atoms with Crippen LogP contribution in [0.3, 0.4) is 0 Å². The molecule has 4 aromatic rings. The predicted octanol–water partition coefficient (Wildman–Crippen LogP) is 1.96. The van der Waals surface area contributed by atoms with Gasteiger partial charge in [-0.1, -0.05) is 66.7 Å². The van der Waals surface area contributed by atoms with Crippen molar-refractivity contribution in [3.63, 3.8) is 0 Å². The first kappa shape index (κ1) is 20.6. The van der Waals surface area contributed by atoms with Crippen molar-refractivity contribution in [2.45, 2.75) is 0 Å². The first-order valence-electron chi connectivity index (χ1n) is 8.66. The fraction of sp³-hybridized carbons (Fsp3) is 0.0870. The number of nitrogens with zero attached hydrogens (tertiary/aromatic N) is 1. The number of hydrogen-bond donors (Lipinski definition) is 0. The molecule has 0 aliphatic carbocycles. The molecule has 0 N–H and O–H groups in total. The SMILES string of the molecule is CN(C)C(=S)Oc1ccc2ccccc2c1-c1c([O-])ccc2ccccc12.[Na+]. The van der Waals surface area contributed by atoms with Gasteiger partial charge in [0.15, 0.2) is 0 Å². The van der Waals surface area contributed by atoms with Gasteiger partial charge in [-0.3, -0.25) is 0 Å². The molecule has 0 aromatic heterocycles. The van der Waals surface area contributed by atoms with Gasteiger partial charge in [-0.05, 0) is 45.4 Å². The maximum atomic E-state index is 13.0. The number of fused-ring (bicyclic) bond motifs is 2. The summed E-state index contributed by atoms with van der Waals surface area (Å²) < 4.78 is 5.99. The van der Waals surface area contributed by atoms with Crippen LogP contribution < -0.4 is 39.4 Å². The third-order valence-electron chi connectivity index (χ3n) is 4.59. The molecule has 0 fully saturated rings. The van der Waals surface area contributed by atoms with Gasteiger partial charge in [0.25, 0.3) is 5.17 Å². The fourth-order valence-electron chi connectivity index (χ4n) is 3.29. The number of thiocarbonyl (C=S) groups is 1. The van der Waals surface area contributed by atoms with Crippen LogP contribution in [0.1, 0.15) is 0 Å². The molecule has 5 heteroatoms. The Bertz CT molecular complexity index is 1170. The van der Waals surface area contributed by atoms with Gasteiger partial charge in [0.05, 0.1) is 0 Å². The summed E-state index contributed by atoms with van der Waals surface area (Å²) in [6.45, 7) is 0. The molecule has 0 unspecified atom stereocenters. The standard InChI is InChI=1S/C23H19NO2S.Na/c1-24(2)23(27)26-20-14-12-16-8-4-6-10-18(16)22(20)21-17-9-5-3-7-15(17)11-13-19(21)25;/h3-14,25H,1-2H3;/q;+1/p-1. The van der Waals surface area contributed by atoms with Crippen molar-refractivity contribution in [3.05, 3.63) is 72.8 Å². The summed E-state index contributed by atoms with van der Waals surface area (Å²) in [6, 6.07) is 23.2. The van der Waals surface area contributed by atoms with Gasteiger partial charge in [0.2, 0.25) is 0 Å². The molecule has 4 rings (SSSR count). The van der Waals surface area contributed by atoms with E-state index in [1.807, 2.05) is 80.8 Å². The molecule has 0 bridgehead atoms. The molecule has 4 aromatic carbocycles. The molecular weight excluding hydrogens is 377 g/mol. The molecule has 0 spiro atoms. The summed E-state index contributed by atoms with van der Waals surface area (Å²) in [5.41, 5.74) is 1.42. The minimum atomic E-state index is -0.0364. The smallest absolute Gasteiger partial charge is 0.872 e. The van der Waals surface area contributed by atoms with Crippen LogP contribution in [0.4, 0.5) is 0 Å². The maximum absolute atomic E-state index is 13.0. The number of benzene rings is 4. The quantitative estimate of drug-likeness (QED) is 0.384. The molecular formula is C23H18NNaO2S. The second-order valence-electron chi connectivity index (χ2n) is 6.58. The Morgan fingerprint density at radius 2 is 1.32 bits per heavy atom. The van der Waals surface area contributed by atoms with Crippen molar-refractivity contribution >= 4 is 38.9 Å². The van der Waals surface area contributed by atoms with Gasteiger partial charge >= 0.3 is 29.6 Å². The van der Waals surface area contributed by atoms with Crippen LogP contribution in [0.5, 0.6) is 11.5 Å². The summed E-state index contributed by atoms with van der Waals surface area (Å²) in [6.07, 6.45) is 0. The van der Waals surface area contributed by atoms with Crippen LogP contribution in [0.15, 0.2) is 72.8 Å². The Labute approximate surface area is 191 Å². The van der Waals surface area contributed by atoms with Crippen LogP contribution in [0.2, 0.25) is 0 Å². The van der Waals surface area contributed by atoms with E-state index in [0.717, 1.165) is 27.1 Å². The Morgan fingerprint density at radius 1 is 0.786 bits per heavy atom. The Balaban J connectivity index is 0.00000225. The minimum Gasteiger partial charge on any atom is -0.872 e. The predicted molar refractivity (Wildman–Crippen MR) is 113 cm³/mol. The summed E-state index contributed by atoms with van der Waals surface area (Å²) in [5.74, 6) is 0.548. The largest absolute Gasteiger partial charge is 1.00 e. The zero-order chi connectivity index (χ0) is 19.0. The van der Waals surface area contributed by atoms with Gasteiger partial charge in [-0.25, -0.2) is 0 Å². The second-order valence-corrected chi connectivity index (χ2v) is 6.93. The Morgan fingerprint density at radius 3 is 1.93 bits per heavy atom. The van der Waals surface area contributed by atoms with E-state index in [2.05, 4.69) is 0 Å². The van der Waals surface area contributed by atoms with E-state index in [9.17, 15) is 5.11 Å². The van der Waals surface area contributed by atoms with E-state index < -0.39 is 0 Å². The zero-order valence-electron chi connectivity index (χ0n) is 16.1. The second kappa shape index (κ2) is 8.50. The van der Waals surface area contributed by atoms with Gasteiger partial charge in [-0.15, -0.1) is 5.75 Å². The minimum absolute atomic E-state index is 0.